The van der Waals surface area contributed by atoms with Gasteiger partial charge in [-0.2, -0.15) is 0 Å². The van der Waals surface area contributed by atoms with Gasteiger partial charge in [-0.1, -0.05) is 27.7 Å². The molecule has 0 aromatic carbocycles. The van der Waals surface area contributed by atoms with Gasteiger partial charge in [-0.3, -0.25) is 0 Å². The van der Waals surface area contributed by atoms with Crippen LogP contribution in [0.15, 0.2) is 0 Å². The zero-order chi connectivity index (χ0) is 12.9. The SMILES string of the molecule is CC(C)C(N)(CN)C(C)C.O=P(O)(O)O. The molecule has 94 valence electrons. The normalized spacial score (nSPS) is 12.7. The van der Waals surface area contributed by atoms with E-state index in [1.807, 2.05) is 0 Å². The molecule has 6 nitrogen and oxygen atoms in total. The Hall–Kier alpha value is 0.0300. The minimum Gasteiger partial charge on any atom is -0.329 e. The second-order valence-corrected chi connectivity index (χ2v) is 5.17. The van der Waals surface area contributed by atoms with Crippen molar-refractivity contribution in [3.63, 3.8) is 0 Å². The van der Waals surface area contributed by atoms with E-state index in [0.717, 1.165) is 0 Å². The molecule has 0 aromatic heterocycles. The third kappa shape index (κ3) is 8.99. The van der Waals surface area contributed by atoms with Crippen LogP contribution in [0.5, 0.6) is 0 Å². The number of nitrogens with two attached hydrogens (primary N) is 2. The zero-order valence-electron chi connectivity index (χ0n) is 9.71. The van der Waals surface area contributed by atoms with Crippen LogP contribution in [-0.2, 0) is 4.57 Å². The van der Waals surface area contributed by atoms with Crippen LogP contribution in [0.4, 0.5) is 0 Å². The third-order valence-corrected chi connectivity index (χ3v) is 2.50. The molecule has 0 radical (unpaired) electrons. The van der Waals surface area contributed by atoms with Crippen molar-refractivity contribution in [3.8, 4) is 0 Å². The summed E-state index contributed by atoms with van der Waals surface area (Å²) in [5.74, 6) is 0.912. The highest BCUT2D eigenvalue weighted by Gasteiger charge is 2.30. The maximum atomic E-state index is 8.88. The quantitative estimate of drug-likeness (QED) is 0.444. The van der Waals surface area contributed by atoms with Crippen molar-refractivity contribution in [1.29, 1.82) is 0 Å². The average Bonchev–Trinajstić information content (AvgIpc) is 1.98. The van der Waals surface area contributed by atoms with E-state index in [1.165, 1.54) is 0 Å². The first-order valence-corrected chi connectivity index (χ1v) is 6.28. The molecule has 0 aliphatic carbocycles. The first-order chi connectivity index (χ1) is 6.45. The molecule has 0 bridgehead atoms. The summed E-state index contributed by atoms with van der Waals surface area (Å²) < 4.78 is 8.88. The smallest absolute Gasteiger partial charge is 0.329 e. The number of rotatable bonds is 3. The molecule has 0 amide bonds. The van der Waals surface area contributed by atoms with E-state index in [1.54, 1.807) is 0 Å². The zero-order valence-corrected chi connectivity index (χ0v) is 10.6. The molecule has 0 aliphatic rings. The second-order valence-electron chi connectivity index (χ2n) is 4.14. The highest BCUT2D eigenvalue weighted by molar-refractivity contribution is 7.45. The maximum Gasteiger partial charge on any atom is 0.466 e. The van der Waals surface area contributed by atoms with Crippen LogP contribution >= 0.6 is 7.82 Å². The highest BCUT2D eigenvalue weighted by Crippen LogP contribution is 2.25. The Morgan fingerprint density at radius 1 is 1.13 bits per heavy atom. The molecule has 0 aliphatic heterocycles. The molecule has 0 spiro atoms. The Balaban J connectivity index is 0. The monoisotopic (exact) mass is 242 g/mol. The summed E-state index contributed by atoms with van der Waals surface area (Å²) in [6, 6.07) is 0. The van der Waals surface area contributed by atoms with Gasteiger partial charge >= 0.3 is 7.82 Å². The van der Waals surface area contributed by atoms with Gasteiger partial charge < -0.3 is 26.1 Å². The first-order valence-electron chi connectivity index (χ1n) is 4.72. The minimum absolute atomic E-state index is 0.181. The second kappa shape index (κ2) is 6.58. The molecular weight excluding hydrogens is 219 g/mol. The summed E-state index contributed by atoms with van der Waals surface area (Å²) in [6.45, 7) is 9.04. The molecule has 0 heterocycles. The largest absolute Gasteiger partial charge is 0.466 e. The van der Waals surface area contributed by atoms with Gasteiger partial charge in [-0.15, -0.1) is 0 Å². The maximum absolute atomic E-state index is 8.88. The fourth-order valence-electron chi connectivity index (χ4n) is 1.14. The van der Waals surface area contributed by atoms with Crippen LogP contribution in [0.3, 0.4) is 0 Å². The molecule has 0 unspecified atom stereocenters. The van der Waals surface area contributed by atoms with Crippen molar-refractivity contribution in [1.82, 2.24) is 0 Å². The number of phosphoric acid groups is 1. The van der Waals surface area contributed by atoms with Crippen molar-refractivity contribution in [2.75, 3.05) is 6.54 Å². The summed E-state index contributed by atoms with van der Waals surface area (Å²) >= 11 is 0. The lowest BCUT2D eigenvalue weighted by Crippen LogP contribution is -2.55. The van der Waals surface area contributed by atoms with E-state index in [-0.39, 0.29) is 5.54 Å². The van der Waals surface area contributed by atoms with E-state index in [0.29, 0.717) is 18.4 Å². The Bertz CT molecular complexity index is 198. The van der Waals surface area contributed by atoms with Crippen LogP contribution in [-0.4, -0.2) is 26.8 Å². The molecule has 0 saturated carbocycles. The molecule has 15 heavy (non-hydrogen) atoms. The van der Waals surface area contributed by atoms with E-state index >= 15 is 0 Å². The number of hydrogen-bond acceptors (Lipinski definition) is 3. The lowest BCUT2D eigenvalue weighted by Gasteiger charge is -2.36. The standard InChI is InChI=1S/C8H20N2.H3O4P/c1-6(2)8(10,5-9)7(3)4;1-5(2,3)4/h6-7H,5,9-10H2,1-4H3;(H3,1,2,3,4). The van der Waals surface area contributed by atoms with Gasteiger partial charge in [-0.05, 0) is 11.8 Å². The van der Waals surface area contributed by atoms with Gasteiger partial charge in [0.1, 0.15) is 0 Å². The molecule has 0 atom stereocenters. The Morgan fingerprint density at radius 3 is 1.33 bits per heavy atom. The van der Waals surface area contributed by atoms with Gasteiger partial charge in [0, 0.05) is 12.1 Å². The molecule has 0 aromatic rings. The van der Waals surface area contributed by atoms with E-state index in [2.05, 4.69) is 27.7 Å². The van der Waals surface area contributed by atoms with Gasteiger partial charge in [0.25, 0.3) is 0 Å². The van der Waals surface area contributed by atoms with Crippen LogP contribution in [0.25, 0.3) is 0 Å². The minimum atomic E-state index is -4.64. The summed E-state index contributed by atoms with van der Waals surface area (Å²) in [6.07, 6.45) is 0. The lowest BCUT2D eigenvalue weighted by atomic mass is 9.78. The Labute approximate surface area is 90.9 Å². The molecule has 0 fully saturated rings. The lowest BCUT2D eigenvalue weighted by molar-refractivity contribution is 0.233. The first kappa shape index (κ1) is 17.4. The van der Waals surface area contributed by atoms with E-state index in [4.69, 9.17) is 30.7 Å². The fourth-order valence-corrected chi connectivity index (χ4v) is 1.14. The van der Waals surface area contributed by atoms with Crippen LogP contribution in [0, 0.1) is 11.8 Å². The third-order valence-electron chi connectivity index (χ3n) is 2.50. The topological polar surface area (TPSA) is 130 Å². The van der Waals surface area contributed by atoms with Crippen molar-refractivity contribution in [2.45, 2.75) is 33.2 Å². The predicted molar refractivity (Wildman–Crippen MR) is 59.9 cm³/mol. The van der Waals surface area contributed by atoms with Crippen LogP contribution in [0.1, 0.15) is 27.7 Å². The summed E-state index contributed by atoms with van der Waals surface area (Å²) in [5.41, 5.74) is 11.5. The molecule has 7 N–H and O–H groups in total. The van der Waals surface area contributed by atoms with E-state index in [9.17, 15) is 0 Å². The average molecular weight is 242 g/mol. The Morgan fingerprint density at radius 2 is 1.33 bits per heavy atom. The van der Waals surface area contributed by atoms with Gasteiger partial charge in [0.2, 0.25) is 0 Å². The van der Waals surface area contributed by atoms with Crippen LogP contribution in [0.2, 0.25) is 0 Å². The highest BCUT2D eigenvalue weighted by atomic mass is 31.2. The predicted octanol–water partition coefficient (Wildman–Crippen LogP) is 0.0260. The molecule has 0 saturated heterocycles. The number of hydrogen-bond donors (Lipinski definition) is 5. The van der Waals surface area contributed by atoms with E-state index < -0.39 is 7.82 Å². The van der Waals surface area contributed by atoms with Crippen LogP contribution < -0.4 is 11.5 Å². The van der Waals surface area contributed by atoms with Crippen molar-refractivity contribution in [3.05, 3.63) is 0 Å². The fraction of sp³-hybridized carbons (Fsp3) is 1.00. The molecule has 0 rings (SSSR count). The Kier molecular flexibility index (Phi) is 7.64. The summed E-state index contributed by atoms with van der Waals surface area (Å²) in [5, 5.41) is 0. The van der Waals surface area contributed by atoms with Crippen molar-refractivity contribution >= 4 is 7.82 Å². The van der Waals surface area contributed by atoms with Gasteiger partial charge in [-0.25, -0.2) is 4.57 Å². The summed E-state index contributed by atoms with van der Waals surface area (Å²) in [4.78, 5) is 21.6. The molecule has 7 heteroatoms. The van der Waals surface area contributed by atoms with Gasteiger partial charge in [0.05, 0.1) is 0 Å². The van der Waals surface area contributed by atoms with Crippen molar-refractivity contribution < 1.29 is 19.2 Å². The summed E-state index contributed by atoms with van der Waals surface area (Å²) in [7, 11) is -4.64. The van der Waals surface area contributed by atoms with Gasteiger partial charge in [0.15, 0.2) is 0 Å². The van der Waals surface area contributed by atoms with Crippen molar-refractivity contribution in [2.24, 2.45) is 23.3 Å². The molecular formula is C8H23N2O4P.